The summed E-state index contributed by atoms with van der Waals surface area (Å²) in [6.07, 6.45) is 1.07. The summed E-state index contributed by atoms with van der Waals surface area (Å²) in [5.74, 6) is 0.0615. The molecular formula is C18H19N3O3S. The van der Waals surface area contributed by atoms with Gasteiger partial charge in [0.2, 0.25) is 0 Å². The molecule has 0 spiro atoms. The van der Waals surface area contributed by atoms with Crippen molar-refractivity contribution >= 4 is 34.6 Å². The molecule has 1 amide bonds. The first-order chi connectivity index (χ1) is 11.9. The van der Waals surface area contributed by atoms with Crippen LogP contribution in [0.15, 0.2) is 48.5 Å². The van der Waals surface area contributed by atoms with Crippen LogP contribution in [0.4, 0.5) is 11.4 Å². The Hall–Kier alpha value is -2.80. The van der Waals surface area contributed by atoms with Gasteiger partial charge < -0.3 is 5.32 Å². The van der Waals surface area contributed by atoms with E-state index in [0.717, 1.165) is 12.1 Å². The Morgan fingerprint density at radius 3 is 2.28 bits per heavy atom. The van der Waals surface area contributed by atoms with E-state index < -0.39 is 10.8 Å². The topological polar surface area (TPSA) is 84.3 Å². The Labute approximate surface area is 151 Å². The lowest BCUT2D eigenvalue weighted by Gasteiger charge is -2.12. The highest BCUT2D eigenvalue weighted by Crippen LogP contribution is 2.20. The fourth-order valence-electron chi connectivity index (χ4n) is 2.20. The summed E-state index contributed by atoms with van der Waals surface area (Å²) in [4.78, 5) is 22.2. The van der Waals surface area contributed by atoms with E-state index in [4.69, 9.17) is 12.2 Å². The van der Waals surface area contributed by atoms with Gasteiger partial charge in [-0.15, -0.1) is 0 Å². The number of amides is 1. The molecule has 0 saturated heterocycles. The van der Waals surface area contributed by atoms with E-state index in [9.17, 15) is 14.9 Å². The zero-order chi connectivity index (χ0) is 18.4. The number of nitro benzene ring substituents is 1. The van der Waals surface area contributed by atoms with Crippen molar-refractivity contribution in [2.75, 3.05) is 5.32 Å². The Bertz CT molecular complexity index is 773. The lowest BCUT2D eigenvalue weighted by molar-refractivity contribution is -0.384. The van der Waals surface area contributed by atoms with Crippen molar-refractivity contribution in [2.24, 2.45) is 0 Å². The highest BCUT2D eigenvalue weighted by molar-refractivity contribution is 7.80. The number of carbonyl (C=O) groups excluding carboxylic acids is 1. The molecular weight excluding hydrogens is 338 g/mol. The third-order valence-corrected chi connectivity index (χ3v) is 4.12. The minimum absolute atomic E-state index is 0.0707. The van der Waals surface area contributed by atoms with Gasteiger partial charge in [-0.2, -0.15) is 0 Å². The molecule has 2 aromatic carbocycles. The Balaban J connectivity index is 1.95. The van der Waals surface area contributed by atoms with Crippen LogP contribution < -0.4 is 10.6 Å². The van der Waals surface area contributed by atoms with Gasteiger partial charge in [-0.05, 0) is 54.4 Å². The minimum Gasteiger partial charge on any atom is -0.332 e. The summed E-state index contributed by atoms with van der Waals surface area (Å²) in [7, 11) is 0. The van der Waals surface area contributed by atoms with Gasteiger partial charge in [-0.1, -0.05) is 26.0 Å². The summed E-state index contributed by atoms with van der Waals surface area (Å²) >= 11 is 5.14. The molecule has 0 radical (unpaired) electrons. The highest BCUT2D eigenvalue weighted by Gasteiger charge is 2.11. The fourth-order valence-corrected chi connectivity index (χ4v) is 2.41. The molecule has 0 unspecified atom stereocenters. The molecule has 0 aliphatic carbocycles. The number of nitro groups is 1. The second-order valence-electron chi connectivity index (χ2n) is 5.64. The van der Waals surface area contributed by atoms with E-state index in [0.29, 0.717) is 11.5 Å². The smallest absolute Gasteiger partial charge is 0.269 e. The molecule has 0 fully saturated rings. The largest absolute Gasteiger partial charge is 0.332 e. The predicted molar refractivity (Wildman–Crippen MR) is 102 cm³/mol. The molecule has 0 heterocycles. The summed E-state index contributed by atoms with van der Waals surface area (Å²) in [6, 6.07) is 13.2. The van der Waals surface area contributed by atoms with Crippen LogP contribution in [0, 0.1) is 10.1 Å². The van der Waals surface area contributed by atoms with Crippen LogP contribution in [-0.4, -0.2) is 15.9 Å². The molecule has 7 heteroatoms. The van der Waals surface area contributed by atoms with E-state index in [1.165, 1.54) is 29.8 Å². The summed E-state index contributed by atoms with van der Waals surface area (Å²) in [5.41, 5.74) is 2.25. The van der Waals surface area contributed by atoms with Crippen LogP contribution in [0.2, 0.25) is 0 Å². The molecule has 6 nitrogen and oxygen atoms in total. The van der Waals surface area contributed by atoms with Gasteiger partial charge in [0, 0.05) is 23.4 Å². The molecule has 2 aromatic rings. The van der Waals surface area contributed by atoms with E-state index >= 15 is 0 Å². The van der Waals surface area contributed by atoms with Gasteiger partial charge in [0.05, 0.1) is 4.92 Å². The quantitative estimate of drug-likeness (QED) is 0.475. The summed E-state index contributed by atoms with van der Waals surface area (Å²) in [5, 5.41) is 16.3. The SMILES string of the molecule is CC[C@@H](C)c1ccc(NC(=S)NC(=O)c2ccc([N+](=O)[O-])cc2)cc1. The van der Waals surface area contributed by atoms with Crippen molar-refractivity contribution in [2.45, 2.75) is 26.2 Å². The monoisotopic (exact) mass is 357 g/mol. The molecule has 0 aliphatic heterocycles. The van der Waals surface area contributed by atoms with Crippen molar-refractivity contribution in [3.63, 3.8) is 0 Å². The summed E-state index contributed by atoms with van der Waals surface area (Å²) < 4.78 is 0. The maximum Gasteiger partial charge on any atom is 0.269 e. The number of rotatable bonds is 5. The molecule has 25 heavy (non-hydrogen) atoms. The standard InChI is InChI=1S/C18H19N3O3S/c1-3-12(2)13-4-8-15(9-5-13)19-18(25)20-17(22)14-6-10-16(11-7-14)21(23)24/h4-12H,3H2,1-2H3,(H2,19,20,22,25)/t12-/m1/s1. The van der Waals surface area contributed by atoms with Crippen molar-refractivity contribution < 1.29 is 9.72 Å². The number of anilines is 1. The fraction of sp³-hybridized carbons (Fsp3) is 0.222. The van der Waals surface area contributed by atoms with Crippen LogP contribution in [0.1, 0.15) is 42.1 Å². The molecule has 2 rings (SSSR count). The number of hydrogen-bond acceptors (Lipinski definition) is 4. The van der Waals surface area contributed by atoms with Gasteiger partial charge in [0.25, 0.3) is 11.6 Å². The molecule has 1 atom stereocenters. The van der Waals surface area contributed by atoms with Crippen LogP contribution >= 0.6 is 12.2 Å². The second kappa shape index (κ2) is 8.34. The number of non-ortho nitro benzene ring substituents is 1. The number of nitrogens with zero attached hydrogens (tertiary/aromatic N) is 1. The third-order valence-electron chi connectivity index (χ3n) is 3.92. The molecule has 2 N–H and O–H groups in total. The van der Waals surface area contributed by atoms with E-state index in [-0.39, 0.29) is 10.8 Å². The van der Waals surface area contributed by atoms with E-state index in [1.807, 2.05) is 24.3 Å². The molecule has 130 valence electrons. The van der Waals surface area contributed by atoms with Crippen LogP contribution in [0.25, 0.3) is 0 Å². The lowest BCUT2D eigenvalue weighted by atomic mass is 9.99. The van der Waals surface area contributed by atoms with Crippen molar-refractivity contribution in [3.05, 3.63) is 69.8 Å². The lowest BCUT2D eigenvalue weighted by Crippen LogP contribution is -2.34. The van der Waals surface area contributed by atoms with Crippen molar-refractivity contribution in [1.82, 2.24) is 5.32 Å². The highest BCUT2D eigenvalue weighted by atomic mass is 32.1. The first-order valence-electron chi connectivity index (χ1n) is 7.87. The van der Waals surface area contributed by atoms with Gasteiger partial charge in [-0.3, -0.25) is 20.2 Å². The first-order valence-corrected chi connectivity index (χ1v) is 8.28. The first kappa shape index (κ1) is 18.5. The summed E-state index contributed by atoms with van der Waals surface area (Å²) in [6.45, 7) is 4.30. The third kappa shape index (κ3) is 5.09. The normalized spacial score (nSPS) is 11.4. The van der Waals surface area contributed by atoms with Crippen LogP contribution in [-0.2, 0) is 0 Å². The number of thiocarbonyl (C=S) groups is 1. The maximum absolute atomic E-state index is 12.1. The number of benzene rings is 2. The van der Waals surface area contributed by atoms with Crippen LogP contribution in [0.5, 0.6) is 0 Å². The zero-order valence-electron chi connectivity index (χ0n) is 14.0. The van der Waals surface area contributed by atoms with Gasteiger partial charge >= 0.3 is 0 Å². The minimum atomic E-state index is -0.517. The number of nitrogens with one attached hydrogen (secondary N) is 2. The Morgan fingerprint density at radius 1 is 1.16 bits per heavy atom. The maximum atomic E-state index is 12.1. The number of carbonyl (C=O) groups is 1. The molecule has 0 saturated carbocycles. The molecule has 0 aliphatic rings. The van der Waals surface area contributed by atoms with Crippen molar-refractivity contribution in [3.8, 4) is 0 Å². The molecule has 0 bridgehead atoms. The molecule has 0 aromatic heterocycles. The Morgan fingerprint density at radius 2 is 1.76 bits per heavy atom. The van der Waals surface area contributed by atoms with E-state index in [2.05, 4.69) is 24.5 Å². The van der Waals surface area contributed by atoms with Gasteiger partial charge in [0.15, 0.2) is 5.11 Å². The zero-order valence-corrected chi connectivity index (χ0v) is 14.8. The second-order valence-corrected chi connectivity index (χ2v) is 6.05. The van der Waals surface area contributed by atoms with Gasteiger partial charge in [-0.25, -0.2) is 0 Å². The van der Waals surface area contributed by atoms with Crippen LogP contribution in [0.3, 0.4) is 0 Å². The van der Waals surface area contributed by atoms with E-state index in [1.54, 1.807) is 0 Å². The number of hydrogen-bond donors (Lipinski definition) is 2. The predicted octanol–water partition coefficient (Wildman–Crippen LogP) is 4.24. The van der Waals surface area contributed by atoms with Crippen molar-refractivity contribution in [1.29, 1.82) is 0 Å². The Kier molecular flexibility index (Phi) is 6.19. The van der Waals surface area contributed by atoms with Gasteiger partial charge in [0.1, 0.15) is 0 Å². The average Bonchev–Trinajstić information content (AvgIpc) is 2.61. The average molecular weight is 357 g/mol.